The van der Waals surface area contributed by atoms with Crippen LogP contribution < -0.4 is 15.8 Å². The molecule has 0 aliphatic heterocycles. The Balaban J connectivity index is 1.93. The first kappa shape index (κ1) is 14.9. The van der Waals surface area contributed by atoms with Gasteiger partial charge in [0.15, 0.2) is 6.61 Å². The van der Waals surface area contributed by atoms with E-state index in [1.807, 2.05) is 35.3 Å². The number of ether oxygens (including phenoxy) is 1. The van der Waals surface area contributed by atoms with Crippen molar-refractivity contribution >= 4 is 11.6 Å². The molecule has 0 radical (unpaired) electrons. The van der Waals surface area contributed by atoms with Crippen molar-refractivity contribution in [2.75, 3.05) is 11.9 Å². The Hall–Kier alpha value is -2.50. The van der Waals surface area contributed by atoms with Crippen LogP contribution in [0.4, 0.5) is 5.69 Å². The molecule has 0 spiro atoms. The van der Waals surface area contributed by atoms with Crippen molar-refractivity contribution in [1.29, 1.82) is 0 Å². The van der Waals surface area contributed by atoms with Crippen molar-refractivity contribution in [2.45, 2.75) is 26.4 Å². The molecule has 6 heteroatoms. The first-order valence-electron chi connectivity index (χ1n) is 6.82. The molecule has 0 aliphatic rings. The van der Waals surface area contributed by atoms with Crippen LogP contribution in [0.25, 0.3) is 0 Å². The van der Waals surface area contributed by atoms with Crippen LogP contribution in [0.5, 0.6) is 5.75 Å². The van der Waals surface area contributed by atoms with Gasteiger partial charge in [-0.05, 0) is 26.0 Å². The van der Waals surface area contributed by atoms with Crippen molar-refractivity contribution in [3.63, 3.8) is 0 Å². The molecule has 0 fully saturated rings. The minimum absolute atomic E-state index is 0.120. The van der Waals surface area contributed by atoms with E-state index in [1.54, 1.807) is 6.07 Å². The van der Waals surface area contributed by atoms with Crippen molar-refractivity contribution in [1.82, 2.24) is 9.78 Å². The lowest BCUT2D eigenvalue weighted by Gasteiger charge is -2.08. The third-order valence-electron chi connectivity index (χ3n) is 2.90. The summed E-state index contributed by atoms with van der Waals surface area (Å²) in [6.07, 6.45) is 3.87. The number of hydrogen-bond donors (Lipinski definition) is 2. The van der Waals surface area contributed by atoms with Crippen molar-refractivity contribution < 1.29 is 9.53 Å². The second-order valence-electron chi connectivity index (χ2n) is 5.06. The number of aromatic nitrogens is 2. The van der Waals surface area contributed by atoms with Gasteiger partial charge in [-0.3, -0.25) is 9.48 Å². The Morgan fingerprint density at radius 1 is 1.48 bits per heavy atom. The van der Waals surface area contributed by atoms with E-state index in [9.17, 15) is 4.79 Å². The van der Waals surface area contributed by atoms with E-state index in [0.29, 0.717) is 18.3 Å². The van der Waals surface area contributed by atoms with Crippen LogP contribution in [0, 0.1) is 0 Å². The topological polar surface area (TPSA) is 82.2 Å². The van der Waals surface area contributed by atoms with Crippen molar-refractivity contribution in [3.05, 3.63) is 42.2 Å². The molecule has 21 heavy (non-hydrogen) atoms. The molecule has 6 nitrogen and oxygen atoms in total. The largest absolute Gasteiger partial charge is 0.484 e. The smallest absolute Gasteiger partial charge is 0.255 e. The molecule has 3 N–H and O–H groups in total. The summed E-state index contributed by atoms with van der Waals surface area (Å²) < 4.78 is 7.18. The van der Waals surface area contributed by atoms with Gasteiger partial charge in [-0.25, -0.2) is 0 Å². The maximum atomic E-state index is 10.7. The molecule has 1 aromatic heterocycles. The van der Waals surface area contributed by atoms with Gasteiger partial charge in [-0.15, -0.1) is 0 Å². The Morgan fingerprint density at radius 3 is 2.95 bits per heavy atom. The summed E-state index contributed by atoms with van der Waals surface area (Å²) in [5.74, 6) is 0.117. The summed E-state index contributed by atoms with van der Waals surface area (Å²) in [7, 11) is 0. The predicted octanol–water partition coefficient (Wildman–Crippen LogP) is 1.94. The number of hydrogen-bond acceptors (Lipinski definition) is 4. The summed E-state index contributed by atoms with van der Waals surface area (Å²) in [6.45, 7) is 4.73. The molecule has 0 unspecified atom stereocenters. The number of anilines is 1. The van der Waals surface area contributed by atoms with Crippen LogP contribution in [0.1, 0.15) is 25.5 Å². The Kier molecular flexibility index (Phi) is 4.81. The van der Waals surface area contributed by atoms with Crippen LogP contribution in [0.15, 0.2) is 36.7 Å². The number of rotatable bonds is 7. The van der Waals surface area contributed by atoms with E-state index >= 15 is 0 Å². The van der Waals surface area contributed by atoms with Gasteiger partial charge in [0.25, 0.3) is 5.91 Å². The number of carbonyl (C=O) groups is 1. The van der Waals surface area contributed by atoms with Gasteiger partial charge in [-0.2, -0.15) is 5.10 Å². The Labute approximate surface area is 123 Å². The minimum Gasteiger partial charge on any atom is -0.484 e. The lowest BCUT2D eigenvalue weighted by Crippen LogP contribution is -2.20. The standard InChI is InChI=1S/C15H20N4O2/c1-11(2)19-9-12(8-18-19)7-17-13-4-3-5-14(6-13)21-10-15(16)20/h3-6,8-9,11,17H,7,10H2,1-2H3,(H2,16,20). The number of nitrogens with two attached hydrogens (primary N) is 1. The van der Waals surface area contributed by atoms with Crippen LogP contribution in [-0.2, 0) is 11.3 Å². The fraction of sp³-hybridized carbons (Fsp3) is 0.333. The molecule has 112 valence electrons. The number of nitrogens with one attached hydrogen (secondary N) is 1. The molecule has 1 amide bonds. The van der Waals surface area contributed by atoms with E-state index in [0.717, 1.165) is 11.3 Å². The highest BCUT2D eigenvalue weighted by atomic mass is 16.5. The highest BCUT2D eigenvalue weighted by Gasteiger charge is 2.03. The lowest BCUT2D eigenvalue weighted by atomic mass is 10.3. The minimum atomic E-state index is -0.491. The first-order chi connectivity index (χ1) is 10.0. The van der Waals surface area contributed by atoms with Gasteiger partial charge in [0.1, 0.15) is 5.75 Å². The molecule has 1 heterocycles. The van der Waals surface area contributed by atoms with E-state index in [4.69, 9.17) is 10.5 Å². The number of primary amides is 1. The summed E-state index contributed by atoms with van der Waals surface area (Å²) >= 11 is 0. The van der Waals surface area contributed by atoms with Crippen LogP contribution >= 0.6 is 0 Å². The summed E-state index contributed by atoms with van der Waals surface area (Å²) in [5, 5.41) is 7.59. The number of nitrogens with zero attached hydrogens (tertiary/aromatic N) is 2. The molecule has 0 bridgehead atoms. The lowest BCUT2D eigenvalue weighted by molar-refractivity contribution is -0.119. The maximum Gasteiger partial charge on any atom is 0.255 e. The molecule has 0 saturated carbocycles. The fourth-order valence-corrected chi connectivity index (χ4v) is 1.81. The predicted molar refractivity (Wildman–Crippen MR) is 81.1 cm³/mol. The second-order valence-corrected chi connectivity index (χ2v) is 5.06. The maximum absolute atomic E-state index is 10.7. The summed E-state index contributed by atoms with van der Waals surface area (Å²) in [6, 6.07) is 7.75. The number of amides is 1. The molecule has 2 rings (SSSR count). The normalized spacial score (nSPS) is 10.6. The van der Waals surface area contributed by atoms with Gasteiger partial charge in [0, 0.05) is 36.1 Å². The fourth-order valence-electron chi connectivity index (χ4n) is 1.81. The van der Waals surface area contributed by atoms with Gasteiger partial charge >= 0.3 is 0 Å². The SMILES string of the molecule is CC(C)n1cc(CNc2cccc(OCC(N)=O)c2)cn1. The average molecular weight is 288 g/mol. The molecule has 0 atom stereocenters. The summed E-state index contributed by atoms with van der Waals surface area (Å²) in [4.78, 5) is 10.7. The van der Waals surface area contributed by atoms with Gasteiger partial charge in [0.2, 0.25) is 0 Å². The third kappa shape index (κ3) is 4.52. The average Bonchev–Trinajstić information content (AvgIpc) is 2.92. The quantitative estimate of drug-likeness (QED) is 0.815. The molecule has 1 aromatic carbocycles. The van der Waals surface area contributed by atoms with Crippen molar-refractivity contribution in [3.8, 4) is 5.75 Å². The van der Waals surface area contributed by atoms with Gasteiger partial charge in [0.05, 0.1) is 6.20 Å². The highest BCUT2D eigenvalue weighted by Crippen LogP contribution is 2.18. The zero-order valence-electron chi connectivity index (χ0n) is 12.2. The zero-order chi connectivity index (χ0) is 15.2. The van der Waals surface area contributed by atoms with Crippen LogP contribution in [-0.4, -0.2) is 22.3 Å². The molecule has 2 aromatic rings. The Bertz CT molecular complexity index is 607. The third-order valence-corrected chi connectivity index (χ3v) is 2.90. The first-order valence-corrected chi connectivity index (χ1v) is 6.82. The van der Waals surface area contributed by atoms with E-state index < -0.39 is 5.91 Å². The van der Waals surface area contributed by atoms with Crippen molar-refractivity contribution in [2.24, 2.45) is 5.73 Å². The zero-order valence-corrected chi connectivity index (χ0v) is 12.2. The number of carbonyl (C=O) groups excluding carboxylic acids is 1. The highest BCUT2D eigenvalue weighted by molar-refractivity contribution is 5.75. The molecular formula is C15H20N4O2. The monoisotopic (exact) mass is 288 g/mol. The van der Waals surface area contributed by atoms with E-state index in [1.165, 1.54) is 0 Å². The molecular weight excluding hydrogens is 268 g/mol. The molecule has 0 aliphatic carbocycles. The number of benzene rings is 1. The molecule has 0 saturated heterocycles. The van der Waals surface area contributed by atoms with Gasteiger partial charge < -0.3 is 15.8 Å². The Morgan fingerprint density at radius 2 is 2.29 bits per heavy atom. The van der Waals surface area contributed by atoms with Gasteiger partial charge in [-0.1, -0.05) is 6.07 Å². The van der Waals surface area contributed by atoms with E-state index in [-0.39, 0.29) is 6.61 Å². The van der Waals surface area contributed by atoms with Crippen LogP contribution in [0.2, 0.25) is 0 Å². The summed E-state index contributed by atoms with van der Waals surface area (Å²) in [5.41, 5.74) is 7.07. The second kappa shape index (κ2) is 6.78. The van der Waals surface area contributed by atoms with E-state index in [2.05, 4.69) is 24.3 Å². The van der Waals surface area contributed by atoms with Crippen LogP contribution in [0.3, 0.4) is 0 Å².